The van der Waals surface area contributed by atoms with Crippen molar-refractivity contribution in [1.29, 1.82) is 0 Å². The summed E-state index contributed by atoms with van der Waals surface area (Å²) in [6.45, 7) is 3.69. The van der Waals surface area contributed by atoms with Gasteiger partial charge in [-0.15, -0.1) is 11.3 Å². The molecule has 0 saturated carbocycles. The number of benzene rings is 1. The van der Waals surface area contributed by atoms with Crippen LogP contribution in [0.1, 0.15) is 15.4 Å². The van der Waals surface area contributed by atoms with Crippen LogP contribution < -0.4 is 15.0 Å². The summed E-state index contributed by atoms with van der Waals surface area (Å²) in [6.07, 6.45) is 0.822. The fourth-order valence-electron chi connectivity index (χ4n) is 3.12. The highest BCUT2D eigenvalue weighted by Gasteiger charge is 2.21. The number of hydrogen-bond acceptors (Lipinski definition) is 7. The van der Waals surface area contributed by atoms with Crippen molar-refractivity contribution in [3.63, 3.8) is 0 Å². The molecule has 1 amide bonds. The summed E-state index contributed by atoms with van der Waals surface area (Å²) in [5.41, 5.74) is 3.07. The first-order valence-electron chi connectivity index (χ1n) is 8.86. The minimum absolute atomic E-state index is 0.138. The number of nitrogens with zero attached hydrogens (tertiary/aromatic N) is 2. The molecule has 3 heterocycles. The molecular weight excluding hydrogens is 382 g/mol. The van der Waals surface area contributed by atoms with E-state index in [0.29, 0.717) is 30.5 Å². The van der Waals surface area contributed by atoms with E-state index in [-0.39, 0.29) is 5.91 Å². The van der Waals surface area contributed by atoms with Gasteiger partial charge >= 0.3 is 0 Å². The summed E-state index contributed by atoms with van der Waals surface area (Å²) in [7, 11) is 1.63. The predicted octanol–water partition coefficient (Wildman–Crippen LogP) is 3.18. The van der Waals surface area contributed by atoms with Crippen molar-refractivity contribution in [3.8, 4) is 5.75 Å². The van der Waals surface area contributed by atoms with Crippen LogP contribution in [0, 0.1) is 0 Å². The lowest BCUT2D eigenvalue weighted by Crippen LogP contribution is -2.36. The third-order valence-electron chi connectivity index (χ3n) is 4.53. The van der Waals surface area contributed by atoms with Crippen LogP contribution in [0.15, 0.2) is 29.0 Å². The van der Waals surface area contributed by atoms with Crippen molar-refractivity contribution >= 4 is 44.5 Å². The maximum atomic E-state index is 12.6. The number of hydrogen-bond donors (Lipinski definition) is 1. The van der Waals surface area contributed by atoms with Crippen LogP contribution in [0.3, 0.4) is 0 Å². The number of aromatic nitrogens is 1. The first kappa shape index (κ1) is 18.2. The molecule has 3 aromatic rings. The molecule has 4 rings (SSSR count). The fraction of sp³-hybridized carbons (Fsp3) is 0.368. The van der Waals surface area contributed by atoms with Gasteiger partial charge in [0.15, 0.2) is 5.01 Å². The summed E-state index contributed by atoms with van der Waals surface area (Å²) in [6, 6.07) is 6.04. The third-order valence-corrected chi connectivity index (χ3v) is 6.34. The number of anilines is 1. The fourth-order valence-corrected chi connectivity index (χ4v) is 4.86. The molecule has 1 aliphatic rings. The van der Waals surface area contributed by atoms with Gasteiger partial charge in [-0.1, -0.05) is 0 Å². The van der Waals surface area contributed by atoms with E-state index in [2.05, 4.69) is 26.6 Å². The van der Waals surface area contributed by atoms with E-state index < -0.39 is 0 Å². The van der Waals surface area contributed by atoms with Gasteiger partial charge in [0, 0.05) is 19.6 Å². The number of nitrogens with one attached hydrogen (secondary N) is 1. The van der Waals surface area contributed by atoms with Gasteiger partial charge in [0.1, 0.15) is 11.3 Å². The number of thiazole rings is 1. The Bertz CT molecular complexity index is 918. The number of thiophene rings is 1. The van der Waals surface area contributed by atoms with Gasteiger partial charge in [-0.2, -0.15) is 11.3 Å². The molecule has 0 unspecified atom stereocenters. The Kier molecular flexibility index (Phi) is 5.56. The molecule has 6 nitrogen and oxygen atoms in total. The molecule has 0 atom stereocenters. The van der Waals surface area contributed by atoms with Crippen molar-refractivity contribution < 1.29 is 14.3 Å². The quantitative estimate of drug-likeness (QED) is 0.685. The molecule has 0 radical (unpaired) electrons. The normalized spacial score (nSPS) is 14.5. The first-order chi connectivity index (χ1) is 13.3. The maximum Gasteiger partial charge on any atom is 0.280 e. The molecule has 142 valence electrons. The van der Waals surface area contributed by atoms with Gasteiger partial charge < -0.3 is 19.7 Å². The van der Waals surface area contributed by atoms with Crippen molar-refractivity contribution in [1.82, 2.24) is 10.3 Å². The third kappa shape index (κ3) is 3.92. The second-order valence-corrected chi connectivity index (χ2v) is 8.00. The van der Waals surface area contributed by atoms with Crippen molar-refractivity contribution in [2.45, 2.75) is 6.42 Å². The molecule has 0 bridgehead atoms. The number of amides is 1. The number of carbonyl (C=O) groups is 1. The predicted molar refractivity (Wildman–Crippen MR) is 110 cm³/mol. The molecule has 1 aromatic carbocycles. The topological polar surface area (TPSA) is 63.7 Å². The molecule has 1 fully saturated rings. The molecule has 1 N–H and O–H groups in total. The largest absolute Gasteiger partial charge is 0.494 e. The zero-order valence-corrected chi connectivity index (χ0v) is 16.7. The lowest BCUT2D eigenvalue weighted by molar-refractivity contribution is 0.0954. The molecule has 27 heavy (non-hydrogen) atoms. The van der Waals surface area contributed by atoms with Gasteiger partial charge in [-0.25, -0.2) is 4.98 Å². The van der Waals surface area contributed by atoms with E-state index in [1.165, 1.54) is 16.9 Å². The minimum atomic E-state index is -0.138. The zero-order valence-electron chi connectivity index (χ0n) is 15.1. The first-order valence-corrected chi connectivity index (χ1v) is 10.6. The number of carbonyl (C=O) groups excluding carboxylic acids is 1. The van der Waals surface area contributed by atoms with Gasteiger partial charge in [-0.3, -0.25) is 4.79 Å². The van der Waals surface area contributed by atoms with Gasteiger partial charge in [0.25, 0.3) is 5.91 Å². The highest BCUT2D eigenvalue weighted by Crippen LogP contribution is 2.37. The smallest absolute Gasteiger partial charge is 0.280 e. The van der Waals surface area contributed by atoms with Crippen LogP contribution in [0.5, 0.6) is 5.75 Å². The zero-order chi connectivity index (χ0) is 18.6. The minimum Gasteiger partial charge on any atom is -0.494 e. The monoisotopic (exact) mass is 403 g/mol. The standard InChI is InChI=1S/C19H21N3O3S2/c1-24-15-3-2-14(22-7-9-25-10-8-22)17-16(15)21-19(27-17)18(23)20-6-4-13-5-11-26-12-13/h2-3,5,11-12H,4,6-10H2,1H3,(H,20,23). The highest BCUT2D eigenvalue weighted by atomic mass is 32.1. The summed E-state index contributed by atoms with van der Waals surface area (Å²) in [5.74, 6) is 0.553. The lowest BCUT2D eigenvalue weighted by Gasteiger charge is -2.29. The number of methoxy groups -OCH3 is 1. The van der Waals surface area contributed by atoms with Crippen LogP contribution in [-0.4, -0.2) is 50.8 Å². The van der Waals surface area contributed by atoms with E-state index in [9.17, 15) is 4.79 Å². The Morgan fingerprint density at radius 3 is 2.93 bits per heavy atom. The number of ether oxygens (including phenoxy) is 2. The summed E-state index contributed by atoms with van der Waals surface area (Å²) in [5, 5.41) is 7.59. The van der Waals surface area contributed by atoms with Crippen LogP contribution in [0.25, 0.3) is 10.2 Å². The van der Waals surface area contributed by atoms with E-state index in [0.717, 1.165) is 35.4 Å². The van der Waals surface area contributed by atoms with Gasteiger partial charge in [0.05, 0.1) is 30.7 Å². The van der Waals surface area contributed by atoms with Crippen molar-refractivity contribution in [2.24, 2.45) is 0 Å². The molecule has 1 aliphatic heterocycles. The summed E-state index contributed by atoms with van der Waals surface area (Å²) >= 11 is 3.09. The van der Waals surface area contributed by atoms with E-state index in [4.69, 9.17) is 9.47 Å². The highest BCUT2D eigenvalue weighted by molar-refractivity contribution is 7.21. The van der Waals surface area contributed by atoms with E-state index >= 15 is 0 Å². The van der Waals surface area contributed by atoms with E-state index in [1.807, 2.05) is 17.5 Å². The summed E-state index contributed by atoms with van der Waals surface area (Å²) < 4.78 is 11.9. The van der Waals surface area contributed by atoms with Crippen molar-refractivity contribution in [2.75, 3.05) is 44.9 Å². The maximum absolute atomic E-state index is 12.6. The van der Waals surface area contributed by atoms with Crippen LogP contribution in [-0.2, 0) is 11.2 Å². The van der Waals surface area contributed by atoms with Gasteiger partial charge in [0.2, 0.25) is 0 Å². The molecule has 0 aliphatic carbocycles. The molecule has 0 spiro atoms. The van der Waals surface area contributed by atoms with Crippen LogP contribution >= 0.6 is 22.7 Å². The Morgan fingerprint density at radius 1 is 1.33 bits per heavy atom. The van der Waals surface area contributed by atoms with Crippen LogP contribution in [0.2, 0.25) is 0 Å². The molecule has 2 aromatic heterocycles. The Labute approximate surface area is 165 Å². The Balaban J connectivity index is 1.56. The Hall–Kier alpha value is -2.16. The average Bonchev–Trinajstić information content (AvgIpc) is 3.37. The second-order valence-electron chi connectivity index (χ2n) is 6.22. The molecule has 1 saturated heterocycles. The van der Waals surface area contributed by atoms with E-state index in [1.54, 1.807) is 18.4 Å². The second kappa shape index (κ2) is 8.24. The summed E-state index contributed by atoms with van der Waals surface area (Å²) in [4.78, 5) is 19.5. The van der Waals surface area contributed by atoms with Crippen LogP contribution in [0.4, 0.5) is 5.69 Å². The number of fused-ring (bicyclic) bond motifs is 1. The lowest BCUT2D eigenvalue weighted by atomic mass is 10.2. The molecule has 8 heteroatoms. The molecular formula is C19H21N3O3S2. The SMILES string of the molecule is COc1ccc(N2CCOCC2)c2sc(C(=O)NCCc3ccsc3)nc12. The van der Waals surface area contributed by atoms with Crippen molar-refractivity contribution in [3.05, 3.63) is 39.5 Å². The Morgan fingerprint density at radius 2 is 2.19 bits per heavy atom. The number of rotatable bonds is 6. The van der Waals surface area contributed by atoms with Gasteiger partial charge in [-0.05, 0) is 40.9 Å². The average molecular weight is 404 g/mol. The number of morpholine rings is 1.